The molecule has 1 aromatic rings. The SMILES string of the molecule is Cc1cc(F)cc(NC(=O)CCNC2CC2)c1. The molecule has 2 rings (SSSR count). The Balaban J connectivity index is 1.79. The second kappa shape index (κ2) is 5.27. The highest BCUT2D eigenvalue weighted by atomic mass is 19.1. The van der Waals surface area contributed by atoms with Crippen LogP contribution in [0.5, 0.6) is 0 Å². The predicted molar refractivity (Wildman–Crippen MR) is 65.4 cm³/mol. The maximum Gasteiger partial charge on any atom is 0.225 e. The van der Waals surface area contributed by atoms with Crippen molar-refractivity contribution in [3.63, 3.8) is 0 Å². The van der Waals surface area contributed by atoms with Crippen LogP contribution < -0.4 is 10.6 Å². The van der Waals surface area contributed by atoms with Crippen molar-refractivity contribution in [3.05, 3.63) is 29.6 Å². The third kappa shape index (κ3) is 4.15. The minimum atomic E-state index is -0.323. The summed E-state index contributed by atoms with van der Waals surface area (Å²) in [7, 11) is 0. The first-order valence-corrected chi connectivity index (χ1v) is 5.94. The fraction of sp³-hybridized carbons (Fsp3) is 0.462. The molecule has 1 aliphatic carbocycles. The molecule has 1 fully saturated rings. The average Bonchev–Trinajstić information content (AvgIpc) is 2.99. The van der Waals surface area contributed by atoms with Gasteiger partial charge in [-0.3, -0.25) is 4.79 Å². The molecular weight excluding hydrogens is 219 g/mol. The Morgan fingerprint density at radius 1 is 1.41 bits per heavy atom. The largest absolute Gasteiger partial charge is 0.326 e. The molecule has 2 N–H and O–H groups in total. The van der Waals surface area contributed by atoms with Crippen molar-refractivity contribution in [1.82, 2.24) is 5.32 Å². The highest BCUT2D eigenvalue weighted by molar-refractivity contribution is 5.90. The molecule has 0 aromatic heterocycles. The number of carbonyl (C=O) groups excluding carboxylic acids is 1. The maximum atomic E-state index is 13.1. The summed E-state index contributed by atoms with van der Waals surface area (Å²) in [6.45, 7) is 2.48. The molecule has 0 radical (unpaired) electrons. The number of amides is 1. The van der Waals surface area contributed by atoms with Gasteiger partial charge in [0, 0.05) is 24.7 Å². The minimum absolute atomic E-state index is 0.0804. The van der Waals surface area contributed by atoms with Crippen LogP contribution >= 0.6 is 0 Å². The van der Waals surface area contributed by atoms with E-state index < -0.39 is 0 Å². The molecule has 1 aromatic carbocycles. The van der Waals surface area contributed by atoms with Gasteiger partial charge in [-0.05, 0) is 43.5 Å². The number of halogens is 1. The topological polar surface area (TPSA) is 41.1 Å². The van der Waals surface area contributed by atoms with Gasteiger partial charge in [-0.15, -0.1) is 0 Å². The predicted octanol–water partition coefficient (Wildman–Crippen LogP) is 2.21. The Hall–Kier alpha value is -1.42. The quantitative estimate of drug-likeness (QED) is 0.823. The number of hydrogen-bond acceptors (Lipinski definition) is 2. The van der Waals surface area contributed by atoms with Crippen molar-refractivity contribution < 1.29 is 9.18 Å². The van der Waals surface area contributed by atoms with Crippen LogP contribution in [0, 0.1) is 12.7 Å². The van der Waals surface area contributed by atoms with Crippen LogP contribution in [0.25, 0.3) is 0 Å². The van der Waals surface area contributed by atoms with Gasteiger partial charge < -0.3 is 10.6 Å². The summed E-state index contributed by atoms with van der Waals surface area (Å²) in [6, 6.07) is 5.14. The van der Waals surface area contributed by atoms with Gasteiger partial charge in [0.1, 0.15) is 5.82 Å². The second-order valence-corrected chi connectivity index (χ2v) is 4.54. The number of nitrogens with one attached hydrogen (secondary N) is 2. The van der Waals surface area contributed by atoms with E-state index in [0.29, 0.717) is 24.7 Å². The van der Waals surface area contributed by atoms with Crippen LogP contribution in [-0.2, 0) is 4.79 Å². The van der Waals surface area contributed by atoms with Gasteiger partial charge in [-0.2, -0.15) is 0 Å². The van der Waals surface area contributed by atoms with Crippen molar-refractivity contribution in [2.75, 3.05) is 11.9 Å². The van der Waals surface area contributed by atoms with E-state index in [-0.39, 0.29) is 11.7 Å². The standard InChI is InChI=1S/C13H17FN2O/c1-9-6-10(14)8-12(7-9)16-13(17)4-5-15-11-2-3-11/h6-8,11,15H,2-5H2,1H3,(H,16,17). The molecule has 1 aliphatic rings. The molecule has 0 atom stereocenters. The van der Waals surface area contributed by atoms with Crippen LogP contribution in [0.3, 0.4) is 0 Å². The van der Waals surface area contributed by atoms with Crippen molar-refractivity contribution in [1.29, 1.82) is 0 Å². The Kier molecular flexibility index (Phi) is 3.74. The summed E-state index contributed by atoms with van der Waals surface area (Å²) in [6.07, 6.45) is 2.85. The number of anilines is 1. The van der Waals surface area contributed by atoms with Gasteiger partial charge in [0.05, 0.1) is 0 Å². The second-order valence-electron chi connectivity index (χ2n) is 4.54. The van der Waals surface area contributed by atoms with Crippen molar-refractivity contribution >= 4 is 11.6 Å². The zero-order valence-electron chi connectivity index (χ0n) is 9.92. The van der Waals surface area contributed by atoms with Crippen molar-refractivity contribution in [3.8, 4) is 0 Å². The lowest BCUT2D eigenvalue weighted by atomic mass is 10.2. The molecule has 0 saturated heterocycles. The number of rotatable bonds is 5. The summed E-state index contributed by atoms with van der Waals surface area (Å²) < 4.78 is 13.1. The molecule has 0 heterocycles. The summed E-state index contributed by atoms with van der Waals surface area (Å²) >= 11 is 0. The van der Waals surface area contributed by atoms with Gasteiger partial charge in [-0.1, -0.05) is 0 Å². The van der Waals surface area contributed by atoms with Crippen LogP contribution in [0.4, 0.5) is 10.1 Å². The third-order valence-electron chi connectivity index (χ3n) is 2.69. The zero-order chi connectivity index (χ0) is 12.3. The molecule has 17 heavy (non-hydrogen) atoms. The summed E-state index contributed by atoms with van der Waals surface area (Å²) in [4.78, 5) is 11.6. The maximum absolute atomic E-state index is 13.1. The molecule has 0 spiro atoms. The Labute approximate surface area is 100 Å². The van der Waals surface area contributed by atoms with E-state index in [2.05, 4.69) is 10.6 Å². The van der Waals surface area contributed by atoms with Crippen molar-refractivity contribution in [2.24, 2.45) is 0 Å². The lowest BCUT2D eigenvalue weighted by molar-refractivity contribution is -0.116. The molecule has 3 nitrogen and oxygen atoms in total. The third-order valence-corrected chi connectivity index (χ3v) is 2.69. The van der Waals surface area contributed by atoms with Gasteiger partial charge in [0.25, 0.3) is 0 Å². The lowest BCUT2D eigenvalue weighted by Crippen LogP contribution is -2.23. The first-order valence-electron chi connectivity index (χ1n) is 5.94. The van der Waals surface area contributed by atoms with Crippen LogP contribution in [0.2, 0.25) is 0 Å². The number of benzene rings is 1. The molecule has 1 saturated carbocycles. The monoisotopic (exact) mass is 236 g/mol. The smallest absolute Gasteiger partial charge is 0.225 e. The van der Waals surface area contributed by atoms with Gasteiger partial charge in [-0.25, -0.2) is 4.39 Å². The van der Waals surface area contributed by atoms with Crippen LogP contribution in [0.1, 0.15) is 24.8 Å². The fourth-order valence-corrected chi connectivity index (χ4v) is 1.71. The van der Waals surface area contributed by atoms with E-state index in [1.165, 1.54) is 25.0 Å². The fourth-order valence-electron chi connectivity index (χ4n) is 1.71. The first-order chi connectivity index (χ1) is 8.13. The van der Waals surface area contributed by atoms with E-state index >= 15 is 0 Å². The van der Waals surface area contributed by atoms with Crippen molar-refractivity contribution in [2.45, 2.75) is 32.2 Å². The minimum Gasteiger partial charge on any atom is -0.326 e. The molecular formula is C13H17FN2O. The van der Waals surface area contributed by atoms with Gasteiger partial charge >= 0.3 is 0 Å². The highest BCUT2D eigenvalue weighted by Crippen LogP contribution is 2.18. The van der Waals surface area contributed by atoms with E-state index in [0.717, 1.165) is 5.56 Å². The van der Waals surface area contributed by atoms with E-state index in [1.54, 1.807) is 13.0 Å². The Morgan fingerprint density at radius 2 is 2.18 bits per heavy atom. The van der Waals surface area contributed by atoms with E-state index in [9.17, 15) is 9.18 Å². The molecule has 1 amide bonds. The summed E-state index contributed by atoms with van der Waals surface area (Å²) in [5.74, 6) is -0.403. The number of carbonyl (C=O) groups is 1. The molecule has 0 unspecified atom stereocenters. The van der Waals surface area contributed by atoms with Crippen LogP contribution in [0.15, 0.2) is 18.2 Å². The van der Waals surface area contributed by atoms with Gasteiger partial charge in [0.2, 0.25) is 5.91 Å². The molecule has 4 heteroatoms. The highest BCUT2D eigenvalue weighted by Gasteiger charge is 2.20. The van der Waals surface area contributed by atoms with Gasteiger partial charge in [0.15, 0.2) is 0 Å². The summed E-state index contributed by atoms with van der Waals surface area (Å²) in [5.41, 5.74) is 1.33. The van der Waals surface area contributed by atoms with Crippen LogP contribution in [-0.4, -0.2) is 18.5 Å². The summed E-state index contributed by atoms with van der Waals surface area (Å²) in [5, 5.41) is 5.96. The normalized spacial score (nSPS) is 14.7. The molecule has 0 aliphatic heterocycles. The Morgan fingerprint density at radius 3 is 2.82 bits per heavy atom. The molecule has 0 bridgehead atoms. The lowest BCUT2D eigenvalue weighted by Gasteiger charge is -2.07. The zero-order valence-corrected chi connectivity index (χ0v) is 9.92. The Bertz CT molecular complexity index is 396. The first kappa shape index (κ1) is 12.0. The average molecular weight is 236 g/mol. The van der Waals surface area contributed by atoms with E-state index in [1.807, 2.05) is 0 Å². The number of hydrogen-bond donors (Lipinski definition) is 2. The van der Waals surface area contributed by atoms with E-state index in [4.69, 9.17) is 0 Å². The number of aryl methyl sites for hydroxylation is 1. The molecule has 92 valence electrons.